The number of aromatic nitrogens is 1. The number of nitrogens with zero attached hydrogens (tertiary/aromatic N) is 2. The highest BCUT2D eigenvalue weighted by molar-refractivity contribution is 7.10. The molecule has 0 spiro atoms. The van der Waals surface area contributed by atoms with Crippen LogP contribution in [0.2, 0.25) is 19.6 Å². The third-order valence-corrected chi connectivity index (χ3v) is 8.72. The van der Waals surface area contributed by atoms with Gasteiger partial charge in [0.15, 0.2) is 0 Å². The lowest BCUT2D eigenvalue weighted by atomic mass is 9.68. The quantitative estimate of drug-likeness (QED) is 0.402. The number of benzene rings is 1. The molecule has 5 nitrogen and oxygen atoms in total. The molecular formula is C25H32N2O3SSi. The van der Waals surface area contributed by atoms with Crippen LogP contribution in [0, 0.1) is 11.3 Å². The van der Waals surface area contributed by atoms with Crippen LogP contribution in [0.4, 0.5) is 0 Å². The van der Waals surface area contributed by atoms with Crippen molar-refractivity contribution < 1.29 is 14.0 Å². The Morgan fingerprint density at radius 1 is 1.31 bits per heavy atom. The Labute approximate surface area is 195 Å². The first-order valence-electron chi connectivity index (χ1n) is 11.6. The van der Waals surface area contributed by atoms with Gasteiger partial charge in [-0.2, -0.15) is 0 Å². The maximum Gasteiger partial charge on any atom is 0.242 e. The average molecular weight is 469 g/mol. The van der Waals surface area contributed by atoms with Crippen molar-refractivity contribution in [3.8, 4) is 11.3 Å². The number of carbonyl (C=O) groups excluding carboxylic acids is 1. The summed E-state index contributed by atoms with van der Waals surface area (Å²) in [6.45, 7) is 12.5. The zero-order valence-electron chi connectivity index (χ0n) is 19.2. The third kappa shape index (κ3) is 4.06. The molecule has 2 bridgehead atoms. The molecule has 0 N–H and O–H groups in total. The lowest BCUT2D eigenvalue weighted by molar-refractivity contribution is -0.154. The summed E-state index contributed by atoms with van der Waals surface area (Å²) >= 11 is 1.60. The van der Waals surface area contributed by atoms with Gasteiger partial charge in [0.05, 0.1) is 18.8 Å². The largest absolute Gasteiger partial charge is 0.544 e. The summed E-state index contributed by atoms with van der Waals surface area (Å²) < 4.78 is 12.2. The Kier molecular flexibility index (Phi) is 5.54. The van der Waals surface area contributed by atoms with Gasteiger partial charge in [-0.3, -0.25) is 4.79 Å². The van der Waals surface area contributed by atoms with Crippen LogP contribution < -0.4 is 0 Å². The molecule has 0 radical (unpaired) electrons. The van der Waals surface area contributed by atoms with Crippen LogP contribution in [-0.2, 0) is 14.0 Å². The molecule has 1 aromatic carbocycles. The minimum Gasteiger partial charge on any atom is -0.544 e. The van der Waals surface area contributed by atoms with Crippen molar-refractivity contribution in [2.24, 2.45) is 11.3 Å². The van der Waals surface area contributed by atoms with Crippen molar-refractivity contribution in [1.82, 2.24) is 9.88 Å². The molecule has 7 heteroatoms. The molecule has 1 saturated heterocycles. The van der Waals surface area contributed by atoms with Gasteiger partial charge in [0.25, 0.3) is 0 Å². The second kappa shape index (κ2) is 8.11. The highest BCUT2D eigenvalue weighted by atomic mass is 32.1. The Balaban J connectivity index is 1.33. The Hall–Kier alpha value is -1.96. The maximum atomic E-state index is 13.2. The normalized spacial score (nSPS) is 27.2. The number of rotatable bonds is 6. The zero-order valence-corrected chi connectivity index (χ0v) is 21.0. The molecule has 0 unspecified atom stereocenters. The lowest BCUT2D eigenvalue weighted by Crippen LogP contribution is -2.51. The molecule has 2 aromatic rings. The summed E-state index contributed by atoms with van der Waals surface area (Å²) in [6, 6.07) is 8.13. The number of morpholine rings is 1. The average Bonchev–Trinajstić information content (AvgIpc) is 3.48. The number of amides is 1. The van der Waals surface area contributed by atoms with E-state index < -0.39 is 8.32 Å². The van der Waals surface area contributed by atoms with Crippen LogP contribution in [0.15, 0.2) is 36.2 Å². The van der Waals surface area contributed by atoms with E-state index in [9.17, 15) is 4.79 Å². The van der Waals surface area contributed by atoms with Crippen molar-refractivity contribution in [2.45, 2.75) is 51.4 Å². The highest BCUT2D eigenvalue weighted by Gasteiger charge is 2.56. The van der Waals surface area contributed by atoms with Crippen molar-refractivity contribution >= 4 is 31.3 Å². The predicted molar refractivity (Wildman–Crippen MR) is 131 cm³/mol. The molecule has 1 atom stereocenters. The molecule has 1 aliphatic heterocycles. The van der Waals surface area contributed by atoms with Gasteiger partial charge in [0.1, 0.15) is 16.9 Å². The van der Waals surface area contributed by atoms with Crippen molar-refractivity contribution in [3.63, 3.8) is 0 Å². The van der Waals surface area contributed by atoms with Gasteiger partial charge in [-0.15, -0.1) is 11.3 Å². The second-order valence-electron chi connectivity index (χ2n) is 10.5. The molecule has 1 aromatic heterocycles. The third-order valence-electron chi connectivity index (χ3n) is 6.93. The van der Waals surface area contributed by atoms with Crippen LogP contribution in [0.25, 0.3) is 17.0 Å². The Morgan fingerprint density at radius 3 is 2.81 bits per heavy atom. The first kappa shape index (κ1) is 21.9. The van der Waals surface area contributed by atoms with Gasteiger partial charge in [0.2, 0.25) is 14.2 Å². The van der Waals surface area contributed by atoms with Crippen molar-refractivity contribution in [1.29, 1.82) is 0 Å². The Morgan fingerprint density at radius 2 is 2.09 bits per heavy atom. The first-order chi connectivity index (χ1) is 15.2. The van der Waals surface area contributed by atoms with Crippen LogP contribution in [0.1, 0.15) is 42.4 Å². The topological polar surface area (TPSA) is 51.7 Å². The minimum atomic E-state index is -1.76. The number of ether oxygens (including phenoxy) is 1. The molecule has 6 rings (SSSR count). The fraction of sp³-hybridized carbons (Fsp3) is 0.520. The lowest BCUT2D eigenvalue weighted by Gasteiger charge is -2.43. The SMILES string of the molecule is C=C(O[Si](C)(C)C)c1ccccc1-c1csc([C@H]2CN(C(=O)C34CCC(C3)C4)CCO2)n1. The fourth-order valence-electron chi connectivity index (χ4n) is 5.47. The zero-order chi connectivity index (χ0) is 22.5. The van der Waals surface area contributed by atoms with Crippen LogP contribution >= 0.6 is 11.3 Å². The molecule has 170 valence electrons. The summed E-state index contributed by atoms with van der Waals surface area (Å²) in [6.07, 6.45) is 4.32. The summed E-state index contributed by atoms with van der Waals surface area (Å²) in [5.41, 5.74) is 2.85. The number of hydrogen-bond acceptors (Lipinski definition) is 5. The molecule has 3 saturated carbocycles. The molecule has 3 aliphatic carbocycles. The van der Waals surface area contributed by atoms with Crippen LogP contribution in [0.3, 0.4) is 0 Å². The van der Waals surface area contributed by atoms with Crippen molar-refractivity contribution in [3.05, 3.63) is 46.8 Å². The maximum absolute atomic E-state index is 13.2. The molecule has 1 amide bonds. The standard InChI is InChI=1S/C25H32N2O3SSi/c1-17(30-32(2,3)4)19-7-5-6-8-20(19)21-16-31-23(26-21)22-15-27(11-12-29-22)24(28)25-10-9-18(13-25)14-25/h5-8,16,18,22H,1,9-15H2,2-4H3/t18?,22-,25?/m1/s1. The van der Waals surface area contributed by atoms with Gasteiger partial charge < -0.3 is 14.1 Å². The van der Waals surface area contributed by atoms with E-state index in [1.54, 1.807) is 11.3 Å². The summed E-state index contributed by atoms with van der Waals surface area (Å²) in [5.74, 6) is 1.84. The van der Waals surface area contributed by atoms with E-state index in [1.165, 1.54) is 6.42 Å². The molecular weight excluding hydrogens is 436 g/mol. The first-order valence-corrected chi connectivity index (χ1v) is 15.9. The summed E-state index contributed by atoms with van der Waals surface area (Å²) in [5, 5.41) is 3.01. The molecule has 4 fully saturated rings. The van der Waals surface area contributed by atoms with E-state index in [1.807, 2.05) is 23.1 Å². The summed E-state index contributed by atoms with van der Waals surface area (Å²) in [7, 11) is -1.76. The fourth-order valence-corrected chi connectivity index (χ4v) is 7.17. The minimum absolute atomic E-state index is 0.0593. The highest BCUT2D eigenvalue weighted by Crippen LogP contribution is 2.59. The van der Waals surface area contributed by atoms with Crippen LogP contribution in [0.5, 0.6) is 0 Å². The number of carbonyl (C=O) groups is 1. The van der Waals surface area contributed by atoms with E-state index in [4.69, 9.17) is 14.1 Å². The number of fused-ring (bicyclic) bond motifs is 1. The molecule has 4 aliphatic rings. The van der Waals surface area contributed by atoms with Gasteiger partial charge in [-0.25, -0.2) is 4.98 Å². The van der Waals surface area contributed by atoms with Crippen molar-refractivity contribution in [2.75, 3.05) is 19.7 Å². The molecule has 2 heterocycles. The van der Waals surface area contributed by atoms with Gasteiger partial charge in [-0.05, 0) is 51.2 Å². The van der Waals surface area contributed by atoms with Crippen LogP contribution in [-0.4, -0.2) is 43.8 Å². The molecule has 32 heavy (non-hydrogen) atoms. The van der Waals surface area contributed by atoms with Gasteiger partial charge in [0, 0.05) is 28.5 Å². The van der Waals surface area contributed by atoms with E-state index in [2.05, 4.69) is 37.7 Å². The van der Waals surface area contributed by atoms with E-state index in [0.717, 1.165) is 47.0 Å². The number of hydrogen-bond donors (Lipinski definition) is 0. The van der Waals surface area contributed by atoms with Gasteiger partial charge in [-0.1, -0.05) is 30.8 Å². The Bertz CT molecular complexity index is 1030. The smallest absolute Gasteiger partial charge is 0.242 e. The predicted octanol–water partition coefficient (Wildman–Crippen LogP) is 5.72. The van der Waals surface area contributed by atoms with E-state index in [0.29, 0.717) is 31.4 Å². The summed E-state index contributed by atoms with van der Waals surface area (Å²) in [4.78, 5) is 20.2. The monoisotopic (exact) mass is 468 g/mol. The van der Waals surface area contributed by atoms with E-state index >= 15 is 0 Å². The number of thiazole rings is 1. The van der Waals surface area contributed by atoms with E-state index in [-0.39, 0.29) is 11.5 Å². The second-order valence-corrected chi connectivity index (χ2v) is 15.8. The van der Waals surface area contributed by atoms with Gasteiger partial charge >= 0.3 is 0 Å².